The van der Waals surface area contributed by atoms with Crippen LogP contribution in [0.5, 0.6) is 11.5 Å². The summed E-state index contributed by atoms with van der Waals surface area (Å²) in [5.41, 5.74) is 13.8. The van der Waals surface area contributed by atoms with Gasteiger partial charge < -0.3 is 19.3 Å². The third-order valence-electron chi connectivity index (χ3n) is 9.63. The number of benzene rings is 5. The quantitative estimate of drug-likeness (QED) is 0.142. The average Bonchev–Trinajstić information content (AvgIpc) is 3.46. The highest BCUT2D eigenvalue weighted by atomic mass is 16.5. The minimum absolute atomic E-state index is 0.0314. The van der Waals surface area contributed by atoms with Gasteiger partial charge in [-0.1, -0.05) is 104 Å². The first-order valence-electron chi connectivity index (χ1n) is 18.0. The number of nitrogens with zero attached hydrogens (tertiary/aromatic N) is 2. The van der Waals surface area contributed by atoms with E-state index in [9.17, 15) is 0 Å². The molecule has 0 atom stereocenters. The van der Waals surface area contributed by atoms with E-state index in [1.807, 2.05) is 0 Å². The van der Waals surface area contributed by atoms with E-state index < -0.39 is 0 Å². The third kappa shape index (κ3) is 6.92. The highest BCUT2D eigenvalue weighted by molar-refractivity contribution is 6.01. The summed E-state index contributed by atoms with van der Waals surface area (Å²) in [4.78, 5) is 5.19. The molecule has 1 saturated heterocycles. The number of anilines is 2. The Hall–Kier alpha value is -4.70. The zero-order chi connectivity index (χ0) is 34.7. The van der Waals surface area contributed by atoms with E-state index in [1.54, 1.807) is 0 Å². The van der Waals surface area contributed by atoms with Gasteiger partial charge in [-0.25, -0.2) is 0 Å². The molecule has 0 N–H and O–H groups in total. The van der Waals surface area contributed by atoms with E-state index in [0.29, 0.717) is 13.2 Å². The summed E-state index contributed by atoms with van der Waals surface area (Å²) in [5.74, 6) is 1.80. The Morgan fingerprint density at radius 2 is 1.22 bits per heavy atom. The van der Waals surface area contributed by atoms with Crippen LogP contribution in [0.2, 0.25) is 0 Å². The van der Waals surface area contributed by atoms with E-state index in [4.69, 9.17) is 9.47 Å². The third-order valence-corrected chi connectivity index (χ3v) is 9.63. The topological polar surface area (TPSA) is 24.9 Å². The summed E-state index contributed by atoms with van der Waals surface area (Å²) in [6.07, 6.45) is 6.58. The first-order valence-corrected chi connectivity index (χ1v) is 18.0. The Morgan fingerprint density at radius 1 is 0.653 bits per heavy atom. The number of fused-ring (bicyclic) bond motifs is 1. The summed E-state index contributed by atoms with van der Waals surface area (Å²) in [6.45, 7) is 20.9. The van der Waals surface area contributed by atoms with Crippen LogP contribution in [0.15, 0.2) is 84.9 Å². The molecule has 4 heteroatoms. The van der Waals surface area contributed by atoms with Crippen molar-refractivity contribution in [2.24, 2.45) is 0 Å². The molecule has 254 valence electrons. The van der Waals surface area contributed by atoms with Crippen molar-refractivity contribution in [2.75, 3.05) is 36.1 Å². The maximum absolute atomic E-state index is 6.69. The van der Waals surface area contributed by atoms with Crippen LogP contribution < -0.4 is 19.3 Å². The zero-order valence-corrected chi connectivity index (χ0v) is 30.7. The standard InChI is InChI=1S/C45H52N2O2/c1-9-24-48-40-20-18-36-14-11-12-16-38(36)42(40)39-17-13-15-37(45(39)49-25-10-2)19-21-41-46(43-32(5)26-30(3)27-33(43)6)22-23-47(41)44-34(7)28-31(4)29-35(44)8/h11-21,26-29,41H,9-10,22-25H2,1-8H3/b21-19+. The summed E-state index contributed by atoms with van der Waals surface area (Å²) in [5, 5.41) is 2.36. The Bertz CT molecular complexity index is 1880. The molecule has 5 aromatic rings. The minimum Gasteiger partial charge on any atom is -0.493 e. The number of para-hydroxylation sites is 1. The smallest absolute Gasteiger partial charge is 0.134 e. The Kier molecular flexibility index (Phi) is 10.3. The lowest BCUT2D eigenvalue weighted by atomic mass is 9.94. The van der Waals surface area contributed by atoms with Crippen molar-refractivity contribution in [3.63, 3.8) is 0 Å². The maximum atomic E-state index is 6.69. The van der Waals surface area contributed by atoms with E-state index in [1.165, 1.54) is 55.5 Å². The van der Waals surface area contributed by atoms with Gasteiger partial charge in [0.1, 0.15) is 17.7 Å². The van der Waals surface area contributed by atoms with Crippen LogP contribution in [0.25, 0.3) is 28.0 Å². The molecule has 6 rings (SSSR count). The fraction of sp³-hybridized carbons (Fsp3) is 0.333. The Morgan fingerprint density at radius 3 is 1.82 bits per heavy atom. The second kappa shape index (κ2) is 14.8. The lowest BCUT2D eigenvalue weighted by Gasteiger charge is -2.34. The van der Waals surface area contributed by atoms with Gasteiger partial charge in [-0.05, 0) is 99.6 Å². The normalized spacial score (nSPS) is 13.6. The molecule has 1 heterocycles. The SMILES string of the molecule is CCCOc1ccc2ccccc2c1-c1cccc(/C=C/C2N(c3c(C)cc(C)cc3C)CCN2c2c(C)cc(C)cc2C)c1OCCC. The van der Waals surface area contributed by atoms with Gasteiger partial charge in [0.2, 0.25) is 0 Å². The summed E-state index contributed by atoms with van der Waals surface area (Å²) < 4.78 is 13.1. The highest BCUT2D eigenvalue weighted by Crippen LogP contribution is 2.44. The molecule has 0 aliphatic carbocycles. The van der Waals surface area contributed by atoms with Crippen molar-refractivity contribution in [2.45, 2.75) is 74.4 Å². The lowest BCUT2D eigenvalue weighted by molar-refractivity contribution is 0.314. The molecule has 0 amide bonds. The van der Waals surface area contributed by atoms with Gasteiger partial charge in [0.15, 0.2) is 0 Å². The largest absolute Gasteiger partial charge is 0.493 e. The number of rotatable bonds is 11. The molecule has 1 aliphatic rings. The fourth-order valence-electron chi connectivity index (χ4n) is 7.89. The van der Waals surface area contributed by atoms with Crippen molar-refractivity contribution >= 4 is 28.2 Å². The summed E-state index contributed by atoms with van der Waals surface area (Å²) in [7, 11) is 0. The predicted octanol–water partition coefficient (Wildman–Crippen LogP) is 11.3. The van der Waals surface area contributed by atoms with E-state index in [2.05, 4.69) is 156 Å². The number of ether oxygens (including phenoxy) is 2. The molecule has 0 bridgehead atoms. The van der Waals surface area contributed by atoms with Crippen LogP contribution in [0, 0.1) is 41.5 Å². The molecule has 0 spiro atoms. The van der Waals surface area contributed by atoms with Gasteiger partial charge in [-0.3, -0.25) is 0 Å². The molecule has 1 aliphatic heterocycles. The van der Waals surface area contributed by atoms with Crippen LogP contribution in [-0.2, 0) is 0 Å². The van der Waals surface area contributed by atoms with Gasteiger partial charge >= 0.3 is 0 Å². The Balaban J connectivity index is 1.51. The number of hydrogen-bond acceptors (Lipinski definition) is 4. The van der Waals surface area contributed by atoms with Crippen molar-refractivity contribution in [1.29, 1.82) is 0 Å². The molecular weight excluding hydrogens is 601 g/mol. The van der Waals surface area contributed by atoms with E-state index in [0.717, 1.165) is 54.1 Å². The second-order valence-corrected chi connectivity index (χ2v) is 13.7. The molecule has 0 unspecified atom stereocenters. The first-order chi connectivity index (χ1) is 23.7. The predicted molar refractivity (Wildman–Crippen MR) is 210 cm³/mol. The van der Waals surface area contributed by atoms with Gasteiger partial charge in [0.25, 0.3) is 0 Å². The van der Waals surface area contributed by atoms with Crippen LogP contribution in [-0.4, -0.2) is 32.5 Å². The summed E-state index contributed by atoms with van der Waals surface area (Å²) in [6, 6.07) is 28.7. The molecular formula is C45H52N2O2. The number of hydrogen-bond donors (Lipinski definition) is 0. The zero-order valence-electron chi connectivity index (χ0n) is 30.7. The molecule has 49 heavy (non-hydrogen) atoms. The van der Waals surface area contributed by atoms with Crippen molar-refractivity contribution in [1.82, 2.24) is 0 Å². The highest BCUT2D eigenvalue weighted by Gasteiger charge is 2.34. The average molecular weight is 653 g/mol. The number of aryl methyl sites for hydroxylation is 6. The second-order valence-electron chi connectivity index (χ2n) is 13.7. The van der Waals surface area contributed by atoms with Crippen molar-refractivity contribution < 1.29 is 9.47 Å². The van der Waals surface area contributed by atoms with Crippen LogP contribution in [0.1, 0.15) is 65.6 Å². The van der Waals surface area contributed by atoms with Gasteiger partial charge in [-0.2, -0.15) is 0 Å². The van der Waals surface area contributed by atoms with Crippen molar-refractivity contribution in [3.8, 4) is 22.6 Å². The van der Waals surface area contributed by atoms with Crippen LogP contribution in [0.3, 0.4) is 0 Å². The molecule has 4 nitrogen and oxygen atoms in total. The Labute approximate surface area is 294 Å². The fourth-order valence-corrected chi connectivity index (χ4v) is 7.89. The monoisotopic (exact) mass is 652 g/mol. The molecule has 0 radical (unpaired) electrons. The van der Waals surface area contributed by atoms with Crippen molar-refractivity contribution in [3.05, 3.63) is 124 Å². The summed E-state index contributed by atoms with van der Waals surface area (Å²) >= 11 is 0. The molecule has 0 saturated carbocycles. The van der Waals surface area contributed by atoms with E-state index in [-0.39, 0.29) is 6.17 Å². The minimum atomic E-state index is 0.0314. The van der Waals surface area contributed by atoms with Crippen LogP contribution in [0.4, 0.5) is 11.4 Å². The van der Waals surface area contributed by atoms with Gasteiger partial charge in [0, 0.05) is 41.2 Å². The molecule has 5 aromatic carbocycles. The lowest BCUT2D eigenvalue weighted by Crippen LogP contribution is -2.38. The van der Waals surface area contributed by atoms with Gasteiger partial charge in [0.05, 0.1) is 13.2 Å². The van der Waals surface area contributed by atoms with Crippen LogP contribution >= 0.6 is 0 Å². The van der Waals surface area contributed by atoms with E-state index >= 15 is 0 Å². The molecule has 1 fully saturated rings. The first kappa shape index (κ1) is 34.2. The van der Waals surface area contributed by atoms with Gasteiger partial charge in [-0.15, -0.1) is 0 Å². The maximum Gasteiger partial charge on any atom is 0.134 e. The molecule has 0 aromatic heterocycles.